The number of anilines is 3. The molecule has 1 aliphatic rings. The van der Waals surface area contributed by atoms with Crippen molar-refractivity contribution in [2.45, 2.75) is 20.3 Å². The molecule has 0 atom stereocenters. The number of fused-ring (bicyclic) bond motifs is 2. The van der Waals surface area contributed by atoms with Crippen molar-refractivity contribution < 1.29 is 19.4 Å². The van der Waals surface area contributed by atoms with Crippen LogP contribution in [0.3, 0.4) is 0 Å². The minimum atomic E-state index is -0.942. The standard InChI is InChI=1S/C30H28N4O4/c1-4-34-27-25(29(35)33(3)26-6-5-14-31-28(26)34)17-20(18-32-27)13-15-38-23-11-12-24(19(2)16-23)21-7-9-22(10-8-21)30(36)37/h5-12,14,16-18H,4,13,15H2,1-3H3,(H,36,37). The third-order valence-corrected chi connectivity index (χ3v) is 6.71. The summed E-state index contributed by atoms with van der Waals surface area (Å²) in [7, 11) is 1.76. The van der Waals surface area contributed by atoms with Gasteiger partial charge in [0.1, 0.15) is 11.6 Å². The van der Waals surface area contributed by atoms with Gasteiger partial charge in [-0.3, -0.25) is 4.79 Å². The first kappa shape index (κ1) is 25.0. The molecular formula is C30H28N4O4. The second-order valence-electron chi connectivity index (χ2n) is 9.13. The summed E-state index contributed by atoms with van der Waals surface area (Å²) in [5.41, 5.74) is 5.45. The van der Waals surface area contributed by atoms with Crippen molar-refractivity contribution in [3.63, 3.8) is 0 Å². The molecule has 2 aromatic carbocycles. The number of carbonyl (C=O) groups is 2. The number of pyridine rings is 2. The van der Waals surface area contributed by atoms with Gasteiger partial charge in [-0.1, -0.05) is 18.2 Å². The van der Waals surface area contributed by atoms with Crippen LogP contribution in [0.25, 0.3) is 11.1 Å². The number of amides is 1. The van der Waals surface area contributed by atoms with E-state index in [1.807, 2.05) is 67.3 Å². The highest BCUT2D eigenvalue weighted by Crippen LogP contribution is 2.37. The van der Waals surface area contributed by atoms with E-state index >= 15 is 0 Å². The zero-order chi connectivity index (χ0) is 26.8. The molecule has 38 heavy (non-hydrogen) atoms. The summed E-state index contributed by atoms with van der Waals surface area (Å²) in [5, 5.41) is 9.11. The number of aryl methyl sites for hydroxylation is 1. The number of hydrogen-bond donors (Lipinski definition) is 1. The van der Waals surface area contributed by atoms with Crippen molar-refractivity contribution in [3.8, 4) is 16.9 Å². The minimum absolute atomic E-state index is 0.122. The van der Waals surface area contributed by atoms with E-state index in [0.717, 1.165) is 33.7 Å². The van der Waals surface area contributed by atoms with Crippen LogP contribution < -0.4 is 14.5 Å². The van der Waals surface area contributed by atoms with Crippen molar-refractivity contribution in [2.24, 2.45) is 0 Å². The fourth-order valence-corrected chi connectivity index (χ4v) is 4.69. The highest BCUT2D eigenvalue weighted by Gasteiger charge is 2.30. The summed E-state index contributed by atoms with van der Waals surface area (Å²) in [5.74, 6) is 0.996. The van der Waals surface area contributed by atoms with Crippen molar-refractivity contribution in [2.75, 3.05) is 30.0 Å². The van der Waals surface area contributed by atoms with Gasteiger partial charge in [-0.05, 0) is 78.6 Å². The Labute approximate surface area is 221 Å². The molecule has 1 amide bonds. The molecule has 8 heteroatoms. The number of rotatable bonds is 7. The van der Waals surface area contributed by atoms with Crippen molar-refractivity contribution in [1.29, 1.82) is 0 Å². The lowest BCUT2D eigenvalue weighted by Gasteiger charge is -2.22. The summed E-state index contributed by atoms with van der Waals surface area (Å²) in [6.07, 6.45) is 4.10. The van der Waals surface area contributed by atoms with Crippen LogP contribution in [0.4, 0.5) is 17.3 Å². The van der Waals surface area contributed by atoms with Gasteiger partial charge in [0.25, 0.3) is 5.91 Å². The summed E-state index contributed by atoms with van der Waals surface area (Å²) in [6, 6.07) is 18.3. The summed E-state index contributed by atoms with van der Waals surface area (Å²) >= 11 is 0. The maximum absolute atomic E-state index is 13.3. The van der Waals surface area contributed by atoms with Crippen LogP contribution in [0.2, 0.25) is 0 Å². The molecule has 0 fully saturated rings. The molecule has 5 rings (SSSR count). The van der Waals surface area contributed by atoms with Crippen LogP contribution in [0.15, 0.2) is 73.1 Å². The zero-order valence-electron chi connectivity index (χ0n) is 21.5. The first-order chi connectivity index (χ1) is 18.4. The van der Waals surface area contributed by atoms with E-state index in [2.05, 4.69) is 9.97 Å². The van der Waals surface area contributed by atoms with E-state index in [1.165, 1.54) is 0 Å². The van der Waals surface area contributed by atoms with E-state index in [0.29, 0.717) is 36.8 Å². The lowest BCUT2D eigenvalue weighted by molar-refractivity contribution is 0.0696. The highest BCUT2D eigenvalue weighted by molar-refractivity contribution is 6.12. The van der Waals surface area contributed by atoms with Gasteiger partial charge in [-0.15, -0.1) is 0 Å². The monoisotopic (exact) mass is 508 g/mol. The number of benzene rings is 2. The number of aromatic nitrogens is 2. The quantitative estimate of drug-likeness (QED) is 0.351. The largest absolute Gasteiger partial charge is 0.493 e. The normalized spacial score (nSPS) is 12.6. The third kappa shape index (κ3) is 4.68. The van der Waals surface area contributed by atoms with Crippen LogP contribution in [0.5, 0.6) is 5.75 Å². The molecule has 0 unspecified atom stereocenters. The number of carbonyl (C=O) groups excluding carboxylic acids is 1. The molecule has 1 aliphatic heterocycles. The van der Waals surface area contributed by atoms with E-state index in [4.69, 9.17) is 9.84 Å². The Morgan fingerprint density at radius 1 is 1.00 bits per heavy atom. The molecule has 0 saturated heterocycles. The molecule has 0 spiro atoms. The van der Waals surface area contributed by atoms with E-state index < -0.39 is 5.97 Å². The lowest BCUT2D eigenvalue weighted by atomic mass is 9.99. The van der Waals surface area contributed by atoms with Gasteiger partial charge < -0.3 is 19.6 Å². The number of carboxylic acids is 1. The maximum Gasteiger partial charge on any atom is 0.335 e. The molecule has 0 radical (unpaired) electrons. The molecule has 0 bridgehead atoms. The van der Waals surface area contributed by atoms with Crippen LogP contribution in [-0.2, 0) is 6.42 Å². The Kier molecular flexibility index (Phi) is 6.79. The fraction of sp³-hybridized carbons (Fsp3) is 0.200. The number of nitrogens with zero attached hydrogens (tertiary/aromatic N) is 4. The third-order valence-electron chi connectivity index (χ3n) is 6.71. The molecule has 192 valence electrons. The molecule has 2 aromatic heterocycles. The van der Waals surface area contributed by atoms with Gasteiger partial charge in [0, 0.05) is 32.4 Å². The van der Waals surface area contributed by atoms with Crippen molar-refractivity contribution >= 4 is 29.2 Å². The number of carboxylic acid groups (broad SMARTS) is 1. The summed E-state index contributed by atoms with van der Waals surface area (Å²) in [6.45, 7) is 5.07. The van der Waals surface area contributed by atoms with Gasteiger partial charge in [0.2, 0.25) is 0 Å². The van der Waals surface area contributed by atoms with Gasteiger partial charge >= 0.3 is 5.97 Å². The SMILES string of the molecule is CCN1c2ncc(CCOc3ccc(-c4ccc(C(=O)O)cc4)c(C)c3)cc2C(=O)N(C)c2cccnc21. The summed E-state index contributed by atoms with van der Waals surface area (Å²) < 4.78 is 6.02. The van der Waals surface area contributed by atoms with E-state index in [-0.39, 0.29) is 11.5 Å². The summed E-state index contributed by atoms with van der Waals surface area (Å²) in [4.78, 5) is 37.2. The Balaban J connectivity index is 1.30. The number of ether oxygens (including phenoxy) is 1. The average molecular weight is 509 g/mol. The molecule has 0 saturated carbocycles. The highest BCUT2D eigenvalue weighted by atomic mass is 16.5. The maximum atomic E-state index is 13.3. The van der Waals surface area contributed by atoms with Crippen molar-refractivity contribution in [1.82, 2.24) is 9.97 Å². The van der Waals surface area contributed by atoms with E-state index in [9.17, 15) is 9.59 Å². The van der Waals surface area contributed by atoms with Gasteiger partial charge in [0.15, 0.2) is 5.82 Å². The Morgan fingerprint density at radius 2 is 1.79 bits per heavy atom. The van der Waals surface area contributed by atoms with Crippen LogP contribution in [-0.4, -0.2) is 47.2 Å². The molecular weight excluding hydrogens is 480 g/mol. The smallest absolute Gasteiger partial charge is 0.335 e. The van der Waals surface area contributed by atoms with Gasteiger partial charge in [-0.25, -0.2) is 14.8 Å². The Hall–Kier alpha value is -4.72. The predicted molar refractivity (Wildman–Crippen MR) is 147 cm³/mol. The number of aromatic carboxylic acids is 1. The molecule has 8 nitrogen and oxygen atoms in total. The predicted octanol–water partition coefficient (Wildman–Crippen LogP) is 5.52. The Bertz CT molecular complexity index is 1520. The first-order valence-electron chi connectivity index (χ1n) is 12.4. The van der Waals surface area contributed by atoms with Gasteiger partial charge in [-0.2, -0.15) is 0 Å². The van der Waals surface area contributed by atoms with Crippen LogP contribution in [0.1, 0.15) is 38.8 Å². The molecule has 4 aromatic rings. The molecule has 3 heterocycles. The topological polar surface area (TPSA) is 95.9 Å². The van der Waals surface area contributed by atoms with Crippen LogP contribution in [0, 0.1) is 6.92 Å². The first-order valence-corrected chi connectivity index (χ1v) is 12.4. The van der Waals surface area contributed by atoms with Crippen molar-refractivity contribution in [3.05, 3.63) is 95.3 Å². The second kappa shape index (κ2) is 10.3. The average Bonchev–Trinajstić information content (AvgIpc) is 3.01. The van der Waals surface area contributed by atoms with Gasteiger partial charge in [0.05, 0.1) is 23.4 Å². The molecule has 1 N–H and O–H groups in total. The van der Waals surface area contributed by atoms with Crippen LogP contribution >= 0.6 is 0 Å². The minimum Gasteiger partial charge on any atom is -0.493 e. The van der Waals surface area contributed by atoms with E-state index in [1.54, 1.807) is 36.5 Å². The second-order valence-corrected chi connectivity index (χ2v) is 9.13. The number of hydrogen-bond acceptors (Lipinski definition) is 6. The molecule has 0 aliphatic carbocycles. The zero-order valence-corrected chi connectivity index (χ0v) is 21.5. The lowest BCUT2D eigenvalue weighted by Crippen LogP contribution is -2.25. The fourth-order valence-electron chi connectivity index (χ4n) is 4.69. The Morgan fingerprint density at radius 3 is 2.50 bits per heavy atom.